The molecule has 0 bridgehead atoms. The summed E-state index contributed by atoms with van der Waals surface area (Å²) >= 11 is 5.99. The second-order valence-electron chi connectivity index (χ2n) is 5.12. The number of hydrogen-bond acceptors (Lipinski definition) is 5. The van der Waals surface area contributed by atoms with Crippen LogP contribution in [-0.4, -0.2) is 34.7 Å². The van der Waals surface area contributed by atoms with Crippen molar-refractivity contribution < 1.29 is 19.5 Å². The lowest BCUT2D eigenvalue weighted by molar-refractivity contribution is -0.308. The van der Waals surface area contributed by atoms with E-state index in [4.69, 9.17) is 11.6 Å². The van der Waals surface area contributed by atoms with Gasteiger partial charge in [-0.2, -0.15) is 0 Å². The Morgan fingerprint density at radius 1 is 1.24 bits per heavy atom. The smallest absolute Gasteiger partial charge is 0.209 e. The van der Waals surface area contributed by atoms with Crippen LogP contribution in [0.5, 0.6) is 0 Å². The topological polar surface area (TPSA) is 86.6 Å². The molecule has 2 atom stereocenters. The van der Waals surface area contributed by atoms with Gasteiger partial charge in [-0.25, -0.2) is 0 Å². The fourth-order valence-electron chi connectivity index (χ4n) is 2.16. The third-order valence-electron chi connectivity index (χ3n) is 3.29. The summed E-state index contributed by atoms with van der Waals surface area (Å²) in [4.78, 5) is 39.5. The highest BCUT2D eigenvalue weighted by atomic mass is 35.5. The molecule has 5 nitrogen and oxygen atoms in total. The van der Waals surface area contributed by atoms with Gasteiger partial charge in [0.15, 0.2) is 5.78 Å². The molecule has 0 saturated carbocycles. The van der Waals surface area contributed by atoms with Gasteiger partial charge in [-0.3, -0.25) is 14.6 Å². The van der Waals surface area contributed by atoms with E-state index in [0.29, 0.717) is 0 Å². The van der Waals surface area contributed by atoms with Crippen molar-refractivity contribution >= 4 is 34.8 Å². The van der Waals surface area contributed by atoms with Crippen LogP contribution in [0.1, 0.15) is 34.6 Å². The molecule has 0 spiro atoms. The van der Waals surface area contributed by atoms with Crippen molar-refractivity contribution in [2.45, 2.75) is 25.3 Å². The fourth-order valence-corrected chi connectivity index (χ4v) is 2.43. The summed E-state index contributed by atoms with van der Waals surface area (Å²) < 4.78 is 0. The van der Waals surface area contributed by atoms with Crippen molar-refractivity contribution in [3.8, 4) is 0 Å². The van der Waals surface area contributed by atoms with E-state index in [-0.39, 0.29) is 22.8 Å². The van der Waals surface area contributed by atoms with Crippen molar-refractivity contribution in [1.82, 2.24) is 0 Å². The number of aliphatic imine (C=N–C) groups is 1. The summed E-state index contributed by atoms with van der Waals surface area (Å²) in [5, 5.41) is 9.83. The van der Waals surface area contributed by atoms with Gasteiger partial charge in [-0.15, -0.1) is 11.6 Å². The van der Waals surface area contributed by atoms with Crippen LogP contribution in [-0.2, 0) is 4.79 Å². The molecule has 1 aliphatic rings. The average Bonchev–Trinajstić information content (AvgIpc) is 2.44. The number of halogens is 1. The lowest BCUT2D eigenvalue weighted by Crippen LogP contribution is -2.43. The summed E-state index contributed by atoms with van der Waals surface area (Å²) in [6.07, 6.45) is 0. The van der Waals surface area contributed by atoms with Crippen molar-refractivity contribution in [2.24, 2.45) is 10.9 Å². The molecule has 0 aliphatic heterocycles. The number of aliphatic carboxylic acids is 1. The van der Waals surface area contributed by atoms with Gasteiger partial charge in [-0.05, 0) is 5.92 Å². The van der Waals surface area contributed by atoms with E-state index in [2.05, 4.69) is 4.99 Å². The van der Waals surface area contributed by atoms with E-state index in [1.54, 1.807) is 26.0 Å². The monoisotopic (exact) mass is 306 g/mol. The summed E-state index contributed by atoms with van der Waals surface area (Å²) in [5.41, 5.74) is 0.193. The van der Waals surface area contributed by atoms with Gasteiger partial charge in [-0.1, -0.05) is 38.1 Å². The number of carboxylic acid groups (broad SMARTS) is 1. The molecule has 0 radical (unpaired) electrons. The minimum atomic E-state index is -1.40. The van der Waals surface area contributed by atoms with Gasteiger partial charge in [0.05, 0.1) is 12.0 Å². The molecule has 1 aromatic rings. The third-order valence-corrected chi connectivity index (χ3v) is 3.70. The van der Waals surface area contributed by atoms with Gasteiger partial charge in [0, 0.05) is 11.1 Å². The predicted octanol–water partition coefficient (Wildman–Crippen LogP) is 0.888. The number of Topliss-reactive ketones (excluding diaryl/α,β-unsaturated/α-hetero) is 2. The van der Waals surface area contributed by atoms with E-state index < -0.39 is 29.0 Å². The number of carbonyl (C=O) groups excluding carboxylic acids is 3. The molecule has 0 N–H and O–H groups in total. The number of fused-ring (bicyclic) bond motifs is 1. The number of nitrogens with zero attached hydrogens (tertiary/aromatic N) is 1. The number of carboxylic acids is 1. The standard InChI is InChI=1S/C15H14ClNO4/c1-7(2)11(15(20)21)17-12-10(16)13(18)8-5-3-4-6-9(8)14(12)19/h3-7,10-11H,1-2H3,(H,20,21)/p-1/t10?,11-/m0/s1. The molecule has 1 aliphatic carbocycles. The number of carbonyl (C=O) groups is 3. The third kappa shape index (κ3) is 2.74. The van der Waals surface area contributed by atoms with Crippen LogP contribution >= 0.6 is 11.6 Å². The number of benzene rings is 1. The highest BCUT2D eigenvalue weighted by Crippen LogP contribution is 2.24. The minimum Gasteiger partial charge on any atom is -0.548 e. The van der Waals surface area contributed by atoms with Gasteiger partial charge in [0.2, 0.25) is 5.78 Å². The second-order valence-corrected chi connectivity index (χ2v) is 5.56. The zero-order chi connectivity index (χ0) is 15.7. The van der Waals surface area contributed by atoms with Crippen LogP contribution in [0, 0.1) is 5.92 Å². The quantitative estimate of drug-likeness (QED) is 0.776. The first-order valence-electron chi connectivity index (χ1n) is 6.45. The molecule has 0 aromatic heterocycles. The number of rotatable bonds is 3. The normalized spacial score (nSPS) is 21.5. The number of alkyl halides is 1. The van der Waals surface area contributed by atoms with Crippen molar-refractivity contribution in [3.05, 3.63) is 35.4 Å². The Hall–Kier alpha value is -2.01. The van der Waals surface area contributed by atoms with Crippen molar-refractivity contribution in [1.29, 1.82) is 0 Å². The van der Waals surface area contributed by atoms with E-state index in [1.165, 1.54) is 12.1 Å². The zero-order valence-electron chi connectivity index (χ0n) is 11.5. The zero-order valence-corrected chi connectivity index (χ0v) is 12.3. The van der Waals surface area contributed by atoms with Gasteiger partial charge >= 0.3 is 0 Å². The first-order valence-corrected chi connectivity index (χ1v) is 6.88. The summed E-state index contributed by atoms with van der Waals surface area (Å²) in [7, 11) is 0. The van der Waals surface area contributed by atoms with Gasteiger partial charge in [0.25, 0.3) is 0 Å². The second kappa shape index (κ2) is 5.77. The SMILES string of the molecule is CC(C)[C@H](N=C1C(=O)c2ccccc2C(=O)C1Cl)C(=O)[O-]. The molecule has 0 saturated heterocycles. The molecule has 6 heteroatoms. The van der Waals surface area contributed by atoms with Crippen LogP contribution < -0.4 is 5.11 Å². The molecular weight excluding hydrogens is 294 g/mol. The van der Waals surface area contributed by atoms with Crippen LogP contribution in [0.2, 0.25) is 0 Å². The molecule has 2 rings (SSSR count). The Morgan fingerprint density at radius 2 is 1.81 bits per heavy atom. The van der Waals surface area contributed by atoms with Gasteiger partial charge < -0.3 is 9.90 Å². The van der Waals surface area contributed by atoms with E-state index in [9.17, 15) is 19.5 Å². The Morgan fingerprint density at radius 3 is 2.33 bits per heavy atom. The van der Waals surface area contributed by atoms with E-state index >= 15 is 0 Å². The lowest BCUT2D eigenvalue weighted by Gasteiger charge is -2.24. The van der Waals surface area contributed by atoms with Crippen LogP contribution in [0.15, 0.2) is 29.3 Å². The average molecular weight is 307 g/mol. The first kappa shape index (κ1) is 15.4. The Bertz CT molecular complexity index is 651. The largest absolute Gasteiger partial charge is 0.548 e. The van der Waals surface area contributed by atoms with Gasteiger partial charge in [0.1, 0.15) is 11.1 Å². The summed E-state index contributed by atoms with van der Waals surface area (Å²) in [6.45, 7) is 3.27. The molecule has 21 heavy (non-hydrogen) atoms. The molecule has 0 fully saturated rings. The summed E-state index contributed by atoms with van der Waals surface area (Å²) in [5.74, 6) is -2.75. The highest BCUT2D eigenvalue weighted by molar-refractivity contribution is 6.64. The van der Waals surface area contributed by atoms with Crippen LogP contribution in [0.3, 0.4) is 0 Å². The number of ketones is 2. The number of hydrogen-bond donors (Lipinski definition) is 0. The van der Waals surface area contributed by atoms with Crippen LogP contribution in [0.25, 0.3) is 0 Å². The Balaban J connectivity index is 2.54. The molecule has 1 aromatic carbocycles. The maximum Gasteiger partial charge on any atom is 0.209 e. The molecule has 1 unspecified atom stereocenters. The Labute approximate surface area is 126 Å². The van der Waals surface area contributed by atoms with E-state index in [0.717, 1.165) is 0 Å². The predicted molar refractivity (Wildman–Crippen MR) is 75.8 cm³/mol. The van der Waals surface area contributed by atoms with Crippen LogP contribution in [0.4, 0.5) is 0 Å². The maximum absolute atomic E-state index is 12.4. The molecule has 0 amide bonds. The Kier molecular flexibility index (Phi) is 4.23. The maximum atomic E-state index is 12.4. The van der Waals surface area contributed by atoms with Crippen molar-refractivity contribution in [3.63, 3.8) is 0 Å². The molecule has 110 valence electrons. The minimum absolute atomic E-state index is 0.194. The van der Waals surface area contributed by atoms with E-state index in [1.807, 2.05) is 0 Å². The van der Waals surface area contributed by atoms with Crippen molar-refractivity contribution in [2.75, 3.05) is 0 Å². The summed E-state index contributed by atoms with van der Waals surface area (Å²) in [6, 6.07) is 5.05. The molecular formula is C15H13ClNO4-. The first-order chi connectivity index (χ1) is 9.84. The fraction of sp³-hybridized carbons (Fsp3) is 0.333. The molecule has 0 heterocycles. The highest BCUT2D eigenvalue weighted by Gasteiger charge is 2.37. The lowest BCUT2D eigenvalue weighted by atomic mass is 9.87.